The van der Waals surface area contributed by atoms with Gasteiger partial charge in [0, 0.05) is 37.9 Å². The van der Waals surface area contributed by atoms with Gasteiger partial charge in [-0.05, 0) is 78.1 Å². The third-order valence-corrected chi connectivity index (χ3v) is 7.27. The molecule has 0 aliphatic carbocycles. The monoisotopic (exact) mass is 491 g/mol. The highest BCUT2D eigenvalue weighted by atomic mass is 32.2. The Morgan fingerprint density at radius 3 is 2.14 bits per heavy atom. The lowest BCUT2D eigenvalue weighted by Gasteiger charge is -2.23. The first-order chi connectivity index (χ1) is 17.0. The number of sulfonamides is 1. The van der Waals surface area contributed by atoms with Gasteiger partial charge in [-0.3, -0.25) is 9.97 Å². The van der Waals surface area contributed by atoms with Gasteiger partial charge in [0.1, 0.15) is 16.5 Å². The molecule has 0 spiro atoms. The van der Waals surface area contributed by atoms with Crippen molar-refractivity contribution in [2.75, 3.05) is 6.61 Å². The summed E-state index contributed by atoms with van der Waals surface area (Å²) in [6.45, 7) is 0.670. The number of hydrogen-bond donors (Lipinski definition) is 0. The van der Waals surface area contributed by atoms with Gasteiger partial charge in [0.15, 0.2) is 0 Å². The van der Waals surface area contributed by atoms with Crippen LogP contribution in [-0.4, -0.2) is 29.3 Å². The van der Waals surface area contributed by atoms with Crippen molar-refractivity contribution in [2.24, 2.45) is 0 Å². The van der Waals surface area contributed by atoms with Gasteiger partial charge >= 0.3 is 0 Å². The zero-order chi connectivity index (χ0) is 24.5. The van der Waals surface area contributed by atoms with E-state index in [1.807, 2.05) is 36.4 Å². The van der Waals surface area contributed by atoms with Gasteiger partial charge in [-0.15, -0.1) is 0 Å². The largest absolute Gasteiger partial charge is 0.494 e. The van der Waals surface area contributed by atoms with Crippen LogP contribution in [0.5, 0.6) is 5.75 Å². The predicted molar refractivity (Wildman–Crippen MR) is 132 cm³/mol. The van der Waals surface area contributed by atoms with E-state index < -0.39 is 15.8 Å². The molecular weight excluding hydrogens is 465 g/mol. The maximum atomic E-state index is 14.4. The van der Waals surface area contributed by atoms with Crippen LogP contribution in [0.15, 0.2) is 102 Å². The third kappa shape index (κ3) is 6.71. The zero-order valence-corrected chi connectivity index (χ0v) is 19.9. The van der Waals surface area contributed by atoms with Crippen molar-refractivity contribution in [3.63, 3.8) is 0 Å². The summed E-state index contributed by atoms with van der Waals surface area (Å²) in [6.07, 6.45) is 8.46. The number of benzene rings is 2. The normalized spacial score (nSPS) is 11.5. The van der Waals surface area contributed by atoms with Crippen LogP contribution in [-0.2, 0) is 29.5 Å². The molecule has 8 heteroatoms. The summed E-state index contributed by atoms with van der Waals surface area (Å²) in [7, 11) is -4.10. The average molecular weight is 492 g/mol. The summed E-state index contributed by atoms with van der Waals surface area (Å²) in [6, 6.07) is 20.2. The minimum absolute atomic E-state index is 0.0627. The van der Waals surface area contributed by atoms with Gasteiger partial charge < -0.3 is 4.74 Å². The molecule has 0 radical (unpaired) electrons. The maximum Gasteiger partial charge on any atom is 0.246 e. The van der Waals surface area contributed by atoms with E-state index in [0.717, 1.165) is 30.0 Å². The fourth-order valence-corrected chi connectivity index (χ4v) is 5.14. The van der Waals surface area contributed by atoms with E-state index in [1.54, 1.807) is 36.9 Å². The van der Waals surface area contributed by atoms with Gasteiger partial charge in [0.2, 0.25) is 10.0 Å². The van der Waals surface area contributed by atoms with Gasteiger partial charge in [-0.25, -0.2) is 12.8 Å². The molecule has 0 aliphatic rings. The Labute approximate surface area is 205 Å². The van der Waals surface area contributed by atoms with E-state index in [9.17, 15) is 12.8 Å². The van der Waals surface area contributed by atoms with Crippen molar-refractivity contribution in [1.29, 1.82) is 0 Å². The van der Waals surface area contributed by atoms with Gasteiger partial charge in [0.25, 0.3) is 0 Å². The maximum absolute atomic E-state index is 14.4. The van der Waals surface area contributed by atoms with Crippen molar-refractivity contribution in [3.8, 4) is 5.75 Å². The van der Waals surface area contributed by atoms with Crippen molar-refractivity contribution < 1.29 is 17.5 Å². The van der Waals surface area contributed by atoms with Gasteiger partial charge in [0.05, 0.1) is 6.61 Å². The Morgan fingerprint density at radius 1 is 0.771 bits per heavy atom. The van der Waals surface area contributed by atoms with Crippen molar-refractivity contribution in [2.45, 2.75) is 30.8 Å². The molecule has 0 fully saturated rings. The van der Waals surface area contributed by atoms with Gasteiger partial charge in [-0.2, -0.15) is 4.31 Å². The fraction of sp³-hybridized carbons (Fsp3) is 0.185. The molecule has 6 nitrogen and oxygen atoms in total. The topological polar surface area (TPSA) is 72.4 Å². The zero-order valence-electron chi connectivity index (χ0n) is 19.1. The van der Waals surface area contributed by atoms with Crippen molar-refractivity contribution in [1.82, 2.24) is 14.3 Å². The van der Waals surface area contributed by atoms with Crippen LogP contribution in [0.4, 0.5) is 4.39 Å². The minimum atomic E-state index is -4.10. The summed E-state index contributed by atoms with van der Waals surface area (Å²) in [5.74, 6) is -0.122. The third-order valence-electron chi connectivity index (χ3n) is 5.45. The van der Waals surface area contributed by atoms with E-state index in [0.29, 0.717) is 12.4 Å². The molecule has 0 saturated carbocycles. The highest BCUT2D eigenvalue weighted by molar-refractivity contribution is 7.89. The second kappa shape index (κ2) is 11.7. The number of aryl methyl sites for hydroxylation is 1. The van der Waals surface area contributed by atoms with E-state index in [1.165, 1.54) is 28.1 Å². The number of pyridine rings is 2. The molecule has 2 aromatic heterocycles. The number of hydrogen-bond acceptors (Lipinski definition) is 5. The smallest absolute Gasteiger partial charge is 0.246 e. The van der Waals surface area contributed by atoms with Crippen LogP contribution in [0.25, 0.3) is 0 Å². The molecule has 2 aromatic carbocycles. The van der Waals surface area contributed by atoms with E-state index in [2.05, 4.69) is 9.97 Å². The highest BCUT2D eigenvalue weighted by Crippen LogP contribution is 2.24. The van der Waals surface area contributed by atoms with Crippen molar-refractivity contribution >= 4 is 10.0 Å². The molecule has 0 saturated heterocycles. The number of ether oxygens (including phenoxy) is 1. The summed E-state index contributed by atoms with van der Waals surface area (Å²) >= 11 is 0. The summed E-state index contributed by atoms with van der Waals surface area (Å²) in [5, 5.41) is 0. The van der Waals surface area contributed by atoms with Crippen LogP contribution < -0.4 is 4.74 Å². The molecule has 0 atom stereocenters. The molecule has 35 heavy (non-hydrogen) atoms. The minimum Gasteiger partial charge on any atom is -0.494 e. The fourth-order valence-electron chi connectivity index (χ4n) is 3.66. The van der Waals surface area contributed by atoms with E-state index >= 15 is 0 Å². The average Bonchev–Trinajstić information content (AvgIpc) is 2.88. The molecule has 4 rings (SSSR count). The Balaban J connectivity index is 1.49. The lowest BCUT2D eigenvalue weighted by molar-refractivity contribution is 0.310. The first-order valence-corrected chi connectivity index (χ1v) is 12.7. The first-order valence-electron chi connectivity index (χ1n) is 11.3. The number of aromatic nitrogens is 2. The van der Waals surface area contributed by atoms with Crippen LogP contribution in [0, 0.1) is 5.82 Å². The molecular formula is C27H26FN3O3S. The SMILES string of the molecule is O=S(=O)(c1ccccc1F)N(Cc1ccncc1)Cc1cccc(OCCCc2ccncc2)c1. The van der Waals surface area contributed by atoms with Crippen molar-refractivity contribution in [3.05, 3.63) is 120 Å². The highest BCUT2D eigenvalue weighted by Gasteiger charge is 2.27. The van der Waals surface area contributed by atoms with Gasteiger partial charge in [-0.1, -0.05) is 24.3 Å². The molecule has 0 bridgehead atoms. The van der Waals surface area contributed by atoms with Crippen LogP contribution in [0.1, 0.15) is 23.1 Å². The number of halogens is 1. The lowest BCUT2D eigenvalue weighted by atomic mass is 10.1. The molecule has 0 N–H and O–H groups in total. The predicted octanol–water partition coefficient (Wildman–Crippen LogP) is 5.02. The number of nitrogens with zero attached hydrogens (tertiary/aromatic N) is 3. The Morgan fingerprint density at radius 2 is 1.43 bits per heavy atom. The molecule has 4 aromatic rings. The summed E-state index contributed by atoms with van der Waals surface area (Å²) in [4.78, 5) is 7.66. The molecule has 180 valence electrons. The molecule has 0 amide bonds. The Hall–Kier alpha value is -3.62. The molecule has 0 aliphatic heterocycles. The standard InChI is InChI=1S/C27H26FN3O3S/c28-26-8-1-2-9-27(26)35(32,33)31(20-23-12-16-30-17-13-23)21-24-5-3-7-25(19-24)34-18-4-6-22-10-14-29-15-11-22/h1-3,5,7-17,19H,4,6,18,20-21H2. The quantitative estimate of drug-likeness (QED) is 0.276. The lowest BCUT2D eigenvalue weighted by Crippen LogP contribution is -2.31. The van der Waals surface area contributed by atoms with Crippen LogP contribution in [0.3, 0.4) is 0 Å². The second-order valence-corrected chi connectivity index (χ2v) is 9.92. The van der Waals surface area contributed by atoms with E-state index in [-0.39, 0.29) is 18.0 Å². The Bertz CT molecular complexity index is 1340. The molecule has 0 unspecified atom stereocenters. The van der Waals surface area contributed by atoms with Crippen LogP contribution >= 0.6 is 0 Å². The second-order valence-electron chi connectivity index (χ2n) is 8.01. The Kier molecular flexibility index (Phi) is 8.18. The first kappa shape index (κ1) is 24.5. The summed E-state index contributed by atoms with van der Waals surface area (Å²) < 4.78 is 48.5. The van der Waals surface area contributed by atoms with E-state index in [4.69, 9.17) is 4.74 Å². The van der Waals surface area contributed by atoms with Crippen LogP contribution in [0.2, 0.25) is 0 Å². The number of rotatable bonds is 11. The summed E-state index contributed by atoms with van der Waals surface area (Å²) in [5.41, 5.74) is 2.69. The molecule has 2 heterocycles.